The number of aliphatic imine (C=N–C) groups is 1. The van der Waals surface area contributed by atoms with Crippen LogP contribution >= 0.6 is 23.8 Å². The highest BCUT2D eigenvalue weighted by Crippen LogP contribution is 2.35. The van der Waals surface area contributed by atoms with Gasteiger partial charge in [-0.3, -0.25) is 4.98 Å². The van der Waals surface area contributed by atoms with Crippen molar-refractivity contribution in [2.75, 3.05) is 14.1 Å². The Kier molecular flexibility index (Phi) is 6.13. The van der Waals surface area contributed by atoms with Crippen molar-refractivity contribution >= 4 is 35.1 Å². The van der Waals surface area contributed by atoms with Crippen molar-refractivity contribution in [1.29, 1.82) is 0 Å². The molecule has 8 heteroatoms. The van der Waals surface area contributed by atoms with Crippen LogP contribution in [0.25, 0.3) is 0 Å². The summed E-state index contributed by atoms with van der Waals surface area (Å²) >= 11 is 11.5. The molecule has 0 fully saturated rings. The summed E-state index contributed by atoms with van der Waals surface area (Å²) in [6.45, 7) is 0. The van der Waals surface area contributed by atoms with Gasteiger partial charge in [-0.15, -0.1) is 0 Å². The van der Waals surface area contributed by atoms with Crippen molar-refractivity contribution in [3.05, 3.63) is 64.4 Å². The lowest BCUT2D eigenvalue weighted by atomic mass is 9.94. The molecule has 0 N–H and O–H groups in total. The van der Waals surface area contributed by atoms with Crippen LogP contribution in [0.3, 0.4) is 0 Å². The first-order chi connectivity index (χ1) is 11.7. The van der Waals surface area contributed by atoms with Crippen LogP contribution in [-0.2, 0) is 6.18 Å². The van der Waals surface area contributed by atoms with E-state index in [-0.39, 0.29) is 15.7 Å². The summed E-state index contributed by atoms with van der Waals surface area (Å²) < 4.78 is 38.5. The summed E-state index contributed by atoms with van der Waals surface area (Å²) in [5.74, 6) is -0.623. The van der Waals surface area contributed by atoms with Crippen molar-refractivity contribution in [3.8, 4) is 0 Å². The second-order valence-electron chi connectivity index (χ2n) is 5.48. The molecule has 0 bridgehead atoms. The van der Waals surface area contributed by atoms with Crippen LogP contribution in [-0.4, -0.2) is 35.3 Å². The summed E-state index contributed by atoms with van der Waals surface area (Å²) in [6, 6.07) is 9.90. The predicted molar refractivity (Wildman–Crippen MR) is 97.3 cm³/mol. The summed E-state index contributed by atoms with van der Waals surface area (Å²) in [7, 11) is 3.57. The van der Waals surface area contributed by atoms with Gasteiger partial charge in [0.15, 0.2) is 0 Å². The molecule has 3 nitrogen and oxygen atoms in total. The van der Waals surface area contributed by atoms with Gasteiger partial charge in [0.25, 0.3) is 0 Å². The van der Waals surface area contributed by atoms with Gasteiger partial charge in [0.05, 0.1) is 28.5 Å². The lowest BCUT2D eigenvalue weighted by molar-refractivity contribution is -0.137. The van der Waals surface area contributed by atoms with Gasteiger partial charge in [-0.2, -0.15) is 13.2 Å². The van der Waals surface area contributed by atoms with Crippen LogP contribution in [0.4, 0.5) is 13.2 Å². The first kappa shape index (κ1) is 19.3. The molecule has 0 spiro atoms. The third kappa shape index (κ3) is 4.99. The van der Waals surface area contributed by atoms with Crippen LogP contribution in [0.1, 0.15) is 22.7 Å². The quantitative estimate of drug-likeness (QED) is 0.430. The van der Waals surface area contributed by atoms with E-state index in [1.165, 1.54) is 6.34 Å². The van der Waals surface area contributed by atoms with E-state index in [9.17, 15) is 13.2 Å². The fourth-order valence-corrected chi connectivity index (χ4v) is 2.70. The monoisotopic (exact) mass is 385 g/mol. The number of hydrogen-bond acceptors (Lipinski definition) is 2. The minimum atomic E-state index is -4.51. The molecule has 1 aromatic carbocycles. The highest BCUT2D eigenvalue weighted by atomic mass is 35.5. The Balaban J connectivity index is 2.51. The highest BCUT2D eigenvalue weighted by Gasteiger charge is 2.33. The number of hydrogen-bond donors (Lipinski definition) is 0. The van der Waals surface area contributed by atoms with Crippen molar-refractivity contribution in [2.24, 2.45) is 4.99 Å². The van der Waals surface area contributed by atoms with Gasteiger partial charge in [0.2, 0.25) is 0 Å². The van der Waals surface area contributed by atoms with Crippen LogP contribution < -0.4 is 0 Å². The van der Waals surface area contributed by atoms with E-state index in [4.69, 9.17) is 23.8 Å². The van der Waals surface area contributed by atoms with Crippen LogP contribution in [0.2, 0.25) is 5.02 Å². The number of rotatable bonds is 4. The van der Waals surface area contributed by atoms with Crippen LogP contribution in [0.5, 0.6) is 0 Å². The Morgan fingerprint density at radius 3 is 2.44 bits per heavy atom. The SMILES string of the molecule is CN(C)C=NC(=S)C(c1ccccc1)c1ncc(C(F)(F)F)cc1Cl. The van der Waals surface area contributed by atoms with Gasteiger partial charge in [-0.25, -0.2) is 4.99 Å². The molecule has 132 valence electrons. The Morgan fingerprint density at radius 1 is 1.28 bits per heavy atom. The van der Waals surface area contributed by atoms with Crippen molar-refractivity contribution in [1.82, 2.24) is 9.88 Å². The first-order valence-electron chi connectivity index (χ1n) is 7.22. The molecule has 1 atom stereocenters. The molecular formula is C17H15ClF3N3S. The van der Waals surface area contributed by atoms with Crippen molar-refractivity contribution < 1.29 is 13.2 Å². The smallest absolute Gasteiger partial charge is 0.369 e. The highest BCUT2D eigenvalue weighted by molar-refractivity contribution is 7.80. The van der Waals surface area contributed by atoms with Crippen molar-refractivity contribution in [2.45, 2.75) is 12.1 Å². The lowest BCUT2D eigenvalue weighted by Gasteiger charge is -2.18. The molecular weight excluding hydrogens is 371 g/mol. The van der Waals surface area contributed by atoms with E-state index >= 15 is 0 Å². The average molecular weight is 386 g/mol. The molecule has 0 amide bonds. The van der Waals surface area contributed by atoms with E-state index in [2.05, 4.69) is 9.98 Å². The molecule has 0 radical (unpaired) electrons. The molecule has 25 heavy (non-hydrogen) atoms. The third-order valence-corrected chi connectivity index (χ3v) is 3.91. The number of pyridine rings is 1. The molecule has 0 saturated carbocycles. The van der Waals surface area contributed by atoms with Crippen LogP contribution in [0, 0.1) is 0 Å². The minimum absolute atomic E-state index is 0.105. The van der Waals surface area contributed by atoms with E-state index < -0.39 is 17.7 Å². The number of halogens is 4. The summed E-state index contributed by atoms with van der Waals surface area (Å²) in [4.78, 5) is 10.1. The van der Waals surface area contributed by atoms with Crippen LogP contribution in [0.15, 0.2) is 47.6 Å². The molecule has 0 aliphatic heterocycles. The van der Waals surface area contributed by atoms with Crippen molar-refractivity contribution in [3.63, 3.8) is 0 Å². The van der Waals surface area contributed by atoms with Gasteiger partial charge < -0.3 is 4.90 Å². The molecule has 2 rings (SSSR count). The Bertz CT molecular complexity index is 776. The number of aromatic nitrogens is 1. The number of nitrogens with zero attached hydrogens (tertiary/aromatic N) is 3. The summed E-state index contributed by atoms with van der Waals surface area (Å²) in [5.41, 5.74) is 0.0788. The molecule has 0 saturated heterocycles. The van der Waals surface area contributed by atoms with E-state index in [0.717, 1.165) is 17.8 Å². The molecule has 1 unspecified atom stereocenters. The van der Waals surface area contributed by atoms with E-state index in [0.29, 0.717) is 0 Å². The second kappa shape index (κ2) is 7.93. The van der Waals surface area contributed by atoms with Gasteiger partial charge in [0, 0.05) is 20.3 Å². The van der Waals surface area contributed by atoms with Gasteiger partial charge in [-0.1, -0.05) is 54.2 Å². The molecule has 2 aromatic rings. The molecule has 1 heterocycles. The molecule has 0 aliphatic rings. The van der Waals surface area contributed by atoms with Gasteiger partial charge in [0.1, 0.15) is 4.99 Å². The summed E-state index contributed by atoms with van der Waals surface area (Å²) in [5, 5.41) is -0.105. The first-order valence-corrected chi connectivity index (χ1v) is 8.01. The normalized spacial score (nSPS) is 13.0. The standard InChI is InChI=1S/C17H15ClF3N3S/c1-24(2)10-23-16(25)14(11-6-4-3-5-7-11)15-13(18)8-12(9-22-15)17(19,20)21/h3-10,14H,1-2H3. The largest absolute Gasteiger partial charge is 0.417 e. The Labute approximate surface area is 154 Å². The maximum Gasteiger partial charge on any atom is 0.417 e. The number of thiocarbonyl (C=S) groups is 1. The maximum atomic E-state index is 12.8. The lowest BCUT2D eigenvalue weighted by Crippen LogP contribution is -2.16. The maximum absolute atomic E-state index is 12.8. The van der Waals surface area contributed by atoms with E-state index in [1.54, 1.807) is 43.3 Å². The Hall–Kier alpha value is -1.99. The predicted octanol–water partition coefficient (Wildman–Crippen LogP) is 4.80. The third-order valence-electron chi connectivity index (χ3n) is 3.27. The zero-order valence-electron chi connectivity index (χ0n) is 13.5. The molecule has 1 aromatic heterocycles. The zero-order valence-corrected chi connectivity index (χ0v) is 15.0. The second-order valence-corrected chi connectivity index (χ2v) is 6.30. The number of benzene rings is 1. The fraction of sp³-hybridized carbons (Fsp3) is 0.235. The Morgan fingerprint density at radius 2 is 1.92 bits per heavy atom. The van der Waals surface area contributed by atoms with E-state index in [1.807, 2.05) is 6.07 Å². The van der Waals surface area contributed by atoms with Gasteiger partial charge in [-0.05, 0) is 11.6 Å². The summed E-state index contributed by atoms with van der Waals surface area (Å²) in [6.07, 6.45) is -2.23. The van der Waals surface area contributed by atoms with Gasteiger partial charge >= 0.3 is 6.18 Å². The molecule has 0 aliphatic carbocycles. The zero-order chi connectivity index (χ0) is 18.6. The fourth-order valence-electron chi connectivity index (χ4n) is 2.13. The number of alkyl halides is 3. The minimum Gasteiger partial charge on any atom is -0.369 e. The average Bonchev–Trinajstić information content (AvgIpc) is 2.54. The topological polar surface area (TPSA) is 28.5 Å².